The standard InChI is InChI=1S/C21H22N2O4/c1-14(24)15-2-6-18(7-3-15)22-21(27)23-12-10-17(11-13-23)20(26)16-4-8-19(25)9-5-16/h2-9,17,25H,10-13H2,1H3,(H,22,27). The lowest BCUT2D eigenvalue weighted by Crippen LogP contribution is -2.42. The minimum Gasteiger partial charge on any atom is -0.508 e. The summed E-state index contributed by atoms with van der Waals surface area (Å²) in [7, 11) is 0. The second-order valence-corrected chi connectivity index (χ2v) is 6.74. The monoisotopic (exact) mass is 366 g/mol. The Balaban J connectivity index is 1.53. The van der Waals surface area contributed by atoms with Gasteiger partial charge in [0, 0.05) is 35.8 Å². The summed E-state index contributed by atoms with van der Waals surface area (Å²) >= 11 is 0. The number of hydrogen-bond donors (Lipinski definition) is 2. The Morgan fingerprint density at radius 2 is 1.48 bits per heavy atom. The number of carbonyl (C=O) groups excluding carboxylic acids is 3. The van der Waals surface area contributed by atoms with Crippen LogP contribution < -0.4 is 5.32 Å². The van der Waals surface area contributed by atoms with Crippen LogP contribution in [-0.4, -0.2) is 40.7 Å². The molecule has 2 aromatic rings. The predicted molar refractivity (Wildman–Crippen MR) is 102 cm³/mol. The van der Waals surface area contributed by atoms with Gasteiger partial charge in [0.15, 0.2) is 11.6 Å². The number of amides is 2. The fourth-order valence-electron chi connectivity index (χ4n) is 3.20. The highest BCUT2D eigenvalue weighted by molar-refractivity contribution is 5.98. The van der Waals surface area contributed by atoms with Gasteiger partial charge in [-0.25, -0.2) is 4.79 Å². The topological polar surface area (TPSA) is 86.7 Å². The zero-order valence-electron chi connectivity index (χ0n) is 15.1. The summed E-state index contributed by atoms with van der Waals surface area (Å²) in [5.74, 6) is 0.0472. The second kappa shape index (κ2) is 8.03. The van der Waals surface area contributed by atoms with Crippen molar-refractivity contribution in [3.63, 3.8) is 0 Å². The Hall–Kier alpha value is -3.15. The molecule has 27 heavy (non-hydrogen) atoms. The number of aromatic hydroxyl groups is 1. The number of ketones is 2. The van der Waals surface area contributed by atoms with Crippen LogP contribution in [-0.2, 0) is 0 Å². The van der Waals surface area contributed by atoms with E-state index in [0.717, 1.165) is 0 Å². The van der Waals surface area contributed by atoms with E-state index in [1.165, 1.54) is 19.1 Å². The highest BCUT2D eigenvalue weighted by Gasteiger charge is 2.28. The number of anilines is 1. The summed E-state index contributed by atoms with van der Waals surface area (Å²) in [4.78, 5) is 37.9. The summed E-state index contributed by atoms with van der Waals surface area (Å²) in [6.07, 6.45) is 1.22. The van der Waals surface area contributed by atoms with Gasteiger partial charge < -0.3 is 15.3 Å². The van der Waals surface area contributed by atoms with Crippen LogP contribution in [0.3, 0.4) is 0 Å². The van der Waals surface area contributed by atoms with Crippen molar-refractivity contribution in [3.8, 4) is 5.75 Å². The fourth-order valence-corrected chi connectivity index (χ4v) is 3.20. The highest BCUT2D eigenvalue weighted by atomic mass is 16.3. The van der Waals surface area contributed by atoms with Crippen LogP contribution in [0.25, 0.3) is 0 Å². The van der Waals surface area contributed by atoms with E-state index in [-0.39, 0.29) is 29.3 Å². The second-order valence-electron chi connectivity index (χ2n) is 6.74. The molecule has 0 atom stereocenters. The van der Waals surface area contributed by atoms with Crippen molar-refractivity contribution in [2.75, 3.05) is 18.4 Å². The minimum atomic E-state index is -0.207. The lowest BCUT2D eigenvalue weighted by Gasteiger charge is -2.31. The van der Waals surface area contributed by atoms with Gasteiger partial charge in [-0.15, -0.1) is 0 Å². The summed E-state index contributed by atoms with van der Waals surface area (Å²) in [6.45, 7) is 2.51. The van der Waals surface area contributed by atoms with E-state index in [1.54, 1.807) is 41.3 Å². The number of piperidine rings is 1. The Kier molecular flexibility index (Phi) is 5.54. The van der Waals surface area contributed by atoms with Gasteiger partial charge in [-0.3, -0.25) is 9.59 Å². The molecule has 0 saturated carbocycles. The van der Waals surface area contributed by atoms with Crippen LogP contribution in [0, 0.1) is 5.92 Å². The average Bonchev–Trinajstić information content (AvgIpc) is 2.68. The molecule has 6 nitrogen and oxygen atoms in total. The number of urea groups is 1. The summed E-state index contributed by atoms with van der Waals surface area (Å²) in [6, 6.07) is 12.8. The van der Waals surface area contributed by atoms with Crippen LogP contribution in [0.15, 0.2) is 48.5 Å². The van der Waals surface area contributed by atoms with Gasteiger partial charge in [0.1, 0.15) is 5.75 Å². The van der Waals surface area contributed by atoms with Gasteiger partial charge in [0.2, 0.25) is 0 Å². The maximum absolute atomic E-state index is 12.5. The van der Waals surface area contributed by atoms with Crippen LogP contribution in [0.5, 0.6) is 5.75 Å². The first-order chi connectivity index (χ1) is 12.9. The van der Waals surface area contributed by atoms with E-state index in [2.05, 4.69) is 5.32 Å². The minimum absolute atomic E-state index is 0.0201. The summed E-state index contributed by atoms with van der Waals surface area (Å²) in [5, 5.41) is 12.2. The molecule has 1 aliphatic rings. The number of carbonyl (C=O) groups is 3. The first-order valence-electron chi connectivity index (χ1n) is 8.94. The van der Waals surface area contributed by atoms with E-state index in [9.17, 15) is 19.5 Å². The Labute approximate surface area is 157 Å². The maximum atomic E-state index is 12.5. The van der Waals surface area contributed by atoms with Gasteiger partial charge in [0.05, 0.1) is 0 Å². The van der Waals surface area contributed by atoms with Gasteiger partial charge in [0.25, 0.3) is 0 Å². The Morgan fingerprint density at radius 1 is 0.926 bits per heavy atom. The first-order valence-corrected chi connectivity index (χ1v) is 8.94. The number of nitrogens with one attached hydrogen (secondary N) is 1. The number of hydrogen-bond acceptors (Lipinski definition) is 4. The lowest BCUT2D eigenvalue weighted by molar-refractivity contribution is 0.0859. The SMILES string of the molecule is CC(=O)c1ccc(NC(=O)N2CCC(C(=O)c3ccc(O)cc3)CC2)cc1. The molecule has 0 spiro atoms. The number of likely N-dealkylation sites (tertiary alicyclic amines) is 1. The molecule has 0 radical (unpaired) electrons. The first kappa shape index (κ1) is 18.6. The summed E-state index contributed by atoms with van der Waals surface area (Å²) < 4.78 is 0. The van der Waals surface area contributed by atoms with Crippen molar-refractivity contribution >= 4 is 23.3 Å². The van der Waals surface area contributed by atoms with E-state index in [0.29, 0.717) is 42.7 Å². The van der Waals surface area contributed by atoms with Gasteiger partial charge in [-0.05, 0) is 68.3 Å². The Bertz CT molecular complexity index is 835. The molecule has 2 aromatic carbocycles. The molecule has 6 heteroatoms. The largest absolute Gasteiger partial charge is 0.508 e. The smallest absolute Gasteiger partial charge is 0.321 e. The number of phenols is 1. The highest BCUT2D eigenvalue weighted by Crippen LogP contribution is 2.23. The average molecular weight is 366 g/mol. The molecule has 1 saturated heterocycles. The molecular formula is C21H22N2O4. The molecule has 0 bridgehead atoms. The van der Waals surface area contributed by atoms with E-state index < -0.39 is 0 Å². The predicted octanol–water partition coefficient (Wildman–Crippen LogP) is 3.72. The van der Waals surface area contributed by atoms with Gasteiger partial charge in [-0.1, -0.05) is 0 Å². The van der Waals surface area contributed by atoms with E-state index in [1.807, 2.05) is 0 Å². The molecule has 140 valence electrons. The van der Waals surface area contributed by atoms with E-state index >= 15 is 0 Å². The number of phenolic OH excluding ortho intramolecular Hbond substituents is 1. The van der Waals surface area contributed by atoms with E-state index in [4.69, 9.17) is 0 Å². The van der Waals surface area contributed by atoms with Crippen LogP contribution in [0.4, 0.5) is 10.5 Å². The number of benzene rings is 2. The third-order valence-corrected chi connectivity index (χ3v) is 4.85. The molecule has 2 amide bonds. The van der Waals surface area contributed by atoms with Crippen molar-refractivity contribution in [1.82, 2.24) is 4.90 Å². The molecule has 0 unspecified atom stereocenters. The summed E-state index contributed by atoms with van der Waals surface area (Å²) in [5.41, 5.74) is 1.81. The van der Waals surface area contributed by atoms with Crippen molar-refractivity contribution in [3.05, 3.63) is 59.7 Å². The number of rotatable bonds is 4. The third kappa shape index (κ3) is 4.53. The molecule has 2 N–H and O–H groups in total. The number of Topliss-reactive ketones (excluding diaryl/α,β-unsaturated/α-hetero) is 2. The quantitative estimate of drug-likeness (QED) is 0.808. The van der Waals surface area contributed by atoms with Gasteiger partial charge >= 0.3 is 6.03 Å². The molecule has 3 rings (SSSR count). The molecule has 1 heterocycles. The molecule has 0 aromatic heterocycles. The molecule has 1 aliphatic heterocycles. The van der Waals surface area contributed by atoms with Gasteiger partial charge in [-0.2, -0.15) is 0 Å². The normalized spacial score (nSPS) is 14.6. The van der Waals surface area contributed by atoms with Crippen LogP contribution >= 0.6 is 0 Å². The van der Waals surface area contributed by atoms with Crippen molar-refractivity contribution < 1.29 is 19.5 Å². The van der Waals surface area contributed by atoms with Crippen molar-refractivity contribution in [2.45, 2.75) is 19.8 Å². The zero-order chi connectivity index (χ0) is 19.4. The third-order valence-electron chi connectivity index (χ3n) is 4.85. The maximum Gasteiger partial charge on any atom is 0.321 e. The fraction of sp³-hybridized carbons (Fsp3) is 0.286. The molecule has 0 aliphatic carbocycles. The number of nitrogens with zero attached hydrogens (tertiary/aromatic N) is 1. The van der Waals surface area contributed by atoms with Crippen LogP contribution in [0.2, 0.25) is 0 Å². The molecule has 1 fully saturated rings. The lowest BCUT2D eigenvalue weighted by atomic mass is 9.89. The van der Waals surface area contributed by atoms with Crippen molar-refractivity contribution in [2.24, 2.45) is 5.92 Å². The van der Waals surface area contributed by atoms with Crippen molar-refractivity contribution in [1.29, 1.82) is 0 Å². The van der Waals surface area contributed by atoms with Crippen LogP contribution in [0.1, 0.15) is 40.5 Å². The molecular weight excluding hydrogens is 344 g/mol. The Morgan fingerprint density at radius 3 is 2.04 bits per heavy atom. The zero-order valence-corrected chi connectivity index (χ0v) is 15.1.